The Morgan fingerprint density at radius 3 is 2.21 bits per heavy atom. The second-order valence-electron chi connectivity index (χ2n) is 7.49. The van der Waals surface area contributed by atoms with E-state index in [0.717, 1.165) is 19.6 Å². The highest BCUT2D eigenvalue weighted by molar-refractivity contribution is 5.57. The molecule has 2 aromatic rings. The van der Waals surface area contributed by atoms with E-state index in [1.54, 1.807) is 0 Å². The Balaban J connectivity index is 1.51. The standard InChI is InChI=1S/C22H25NO/c1-3-9-20-18(7-1)17-11-12-22(20,21-10-4-2-8-19(17)21)24-16-15-23-13-5-6-14-23/h1-4,7-10,17H,5-6,11-16H2. The van der Waals surface area contributed by atoms with Gasteiger partial charge in [0.2, 0.25) is 0 Å². The van der Waals surface area contributed by atoms with Crippen LogP contribution < -0.4 is 0 Å². The summed E-state index contributed by atoms with van der Waals surface area (Å²) in [5.41, 5.74) is 5.59. The lowest BCUT2D eigenvalue weighted by Gasteiger charge is -2.49. The summed E-state index contributed by atoms with van der Waals surface area (Å²) in [4.78, 5) is 2.54. The number of rotatable bonds is 4. The Bertz CT molecular complexity index is 700. The quantitative estimate of drug-likeness (QED) is 0.834. The maximum absolute atomic E-state index is 6.73. The van der Waals surface area contributed by atoms with Gasteiger partial charge in [0.15, 0.2) is 0 Å². The molecule has 124 valence electrons. The first kappa shape index (κ1) is 14.7. The van der Waals surface area contributed by atoms with E-state index in [1.807, 2.05) is 0 Å². The molecule has 0 spiro atoms. The fourth-order valence-electron chi connectivity index (χ4n) is 5.16. The Kier molecular flexibility index (Phi) is 3.50. The second-order valence-corrected chi connectivity index (χ2v) is 7.49. The molecule has 0 saturated carbocycles. The summed E-state index contributed by atoms with van der Waals surface area (Å²) in [5, 5.41) is 0. The highest BCUT2D eigenvalue weighted by atomic mass is 16.5. The van der Waals surface area contributed by atoms with E-state index in [4.69, 9.17) is 4.74 Å². The number of nitrogens with zero attached hydrogens (tertiary/aromatic N) is 1. The molecule has 0 N–H and O–H groups in total. The molecule has 1 aliphatic heterocycles. The van der Waals surface area contributed by atoms with Crippen molar-refractivity contribution in [1.82, 2.24) is 4.90 Å². The van der Waals surface area contributed by atoms with Gasteiger partial charge in [-0.25, -0.2) is 0 Å². The maximum atomic E-state index is 6.73. The van der Waals surface area contributed by atoms with Gasteiger partial charge in [0.25, 0.3) is 0 Å². The maximum Gasteiger partial charge on any atom is 0.119 e. The van der Waals surface area contributed by atoms with Crippen molar-refractivity contribution in [1.29, 1.82) is 0 Å². The van der Waals surface area contributed by atoms with Gasteiger partial charge in [0.1, 0.15) is 5.60 Å². The highest BCUT2D eigenvalue weighted by Crippen LogP contribution is 2.56. The van der Waals surface area contributed by atoms with E-state index in [-0.39, 0.29) is 5.60 Å². The van der Waals surface area contributed by atoms with Crippen LogP contribution in [-0.4, -0.2) is 31.1 Å². The number of benzene rings is 2. The average Bonchev–Trinajstić information content (AvgIpc) is 3.16. The molecule has 2 heteroatoms. The largest absolute Gasteiger partial charge is 0.364 e. The molecule has 4 aliphatic rings. The zero-order valence-electron chi connectivity index (χ0n) is 14.2. The Morgan fingerprint density at radius 2 is 1.54 bits per heavy atom. The lowest BCUT2D eigenvalue weighted by atomic mass is 9.61. The van der Waals surface area contributed by atoms with Crippen molar-refractivity contribution in [3.05, 3.63) is 70.8 Å². The van der Waals surface area contributed by atoms with Gasteiger partial charge >= 0.3 is 0 Å². The molecule has 6 rings (SSSR count). The van der Waals surface area contributed by atoms with Crippen LogP contribution in [0.5, 0.6) is 0 Å². The van der Waals surface area contributed by atoms with Gasteiger partial charge in [-0.3, -0.25) is 0 Å². The van der Waals surface area contributed by atoms with Gasteiger partial charge in [0.05, 0.1) is 6.61 Å². The van der Waals surface area contributed by atoms with E-state index in [1.165, 1.54) is 54.6 Å². The van der Waals surface area contributed by atoms with Gasteiger partial charge in [0, 0.05) is 12.5 Å². The number of ether oxygens (including phenoxy) is 1. The SMILES string of the molecule is c1ccc2c(c1)C1CCC2(OCCN2CCCC2)c2ccccc21. The summed E-state index contributed by atoms with van der Waals surface area (Å²) < 4.78 is 6.73. The zero-order chi connectivity index (χ0) is 16.0. The van der Waals surface area contributed by atoms with Crippen LogP contribution in [0.3, 0.4) is 0 Å². The molecule has 1 heterocycles. The summed E-state index contributed by atoms with van der Waals surface area (Å²) in [6.07, 6.45) is 5.01. The minimum Gasteiger partial charge on any atom is -0.364 e. The van der Waals surface area contributed by atoms with Crippen molar-refractivity contribution in [3.63, 3.8) is 0 Å². The Labute approximate surface area is 144 Å². The van der Waals surface area contributed by atoms with E-state index in [2.05, 4.69) is 53.4 Å². The van der Waals surface area contributed by atoms with Crippen LogP contribution in [0.25, 0.3) is 0 Å². The van der Waals surface area contributed by atoms with Crippen LogP contribution in [-0.2, 0) is 10.3 Å². The Morgan fingerprint density at radius 1 is 0.917 bits per heavy atom. The van der Waals surface area contributed by atoms with Crippen molar-refractivity contribution >= 4 is 0 Å². The van der Waals surface area contributed by atoms with E-state index in [9.17, 15) is 0 Å². The van der Waals surface area contributed by atoms with Crippen LogP contribution in [0.4, 0.5) is 0 Å². The van der Waals surface area contributed by atoms with Crippen LogP contribution in [0.2, 0.25) is 0 Å². The first-order valence-electron chi connectivity index (χ1n) is 9.44. The van der Waals surface area contributed by atoms with Crippen molar-refractivity contribution in [3.8, 4) is 0 Å². The smallest absolute Gasteiger partial charge is 0.119 e. The van der Waals surface area contributed by atoms with Gasteiger partial charge < -0.3 is 9.64 Å². The summed E-state index contributed by atoms with van der Waals surface area (Å²) in [5.74, 6) is 0.557. The molecular formula is C22H25NO. The molecule has 0 unspecified atom stereocenters. The molecule has 2 aromatic carbocycles. The van der Waals surface area contributed by atoms with Crippen molar-refractivity contribution in [2.45, 2.75) is 37.2 Å². The van der Waals surface area contributed by atoms with Crippen molar-refractivity contribution < 1.29 is 4.74 Å². The monoisotopic (exact) mass is 319 g/mol. The van der Waals surface area contributed by atoms with Gasteiger partial charge in [-0.05, 0) is 61.0 Å². The van der Waals surface area contributed by atoms with E-state index >= 15 is 0 Å². The number of hydrogen-bond donors (Lipinski definition) is 0. The lowest BCUT2D eigenvalue weighted by molar-refractivity contribution is -0.0452. The predicted octanol–water partition coefficient (Wildman–Crippen LogP) is 4.28. The minimum absolute atomic E-state index is 0.221. The normalized spacial score (nSPS) is 27.9. The molecule has 0 radical (unpaired) electrons. The predicted molar refractivity (Wildman–Crippen MR) is 96.4 cm³/mol. The number of fused-ring (bicyclic) bond motifs is 1. The van der Waals surface area contributed by atoms with Crippen molar-refractivity contribution in [2.75, 3.05) is 26.2 Å². The second kappa shape index (κ2) is 5.72. The molecular weight excluding hydrogens is 294 g/mol. The fourth-order valence-corrected chi connectivity index (χ4v) is 5.16. The number of likely N-dealkylation sites (tertiary alicyclic amines) is 1. The molecule has 24 heavy (non-hydrogen) atoms. The fraction of sp³-hybridized carbons (Fsp3) is 0.455. The average molecular weight is 319 g/mol. The highest BCUT2D eigenvalue weighted by Gasteiger charge is 2.48. The minimum atomic E-state index is -0.221. The molecule has 0 atom stereocenters. The first-order valence-corrected chi connectivity index (χ1v) is 9.44. The summed E-state index contributed by atoms with van der Waals surface area (Å²) >= 11 is 0. The molecule has 1 saturated heterocycles. The van der Waals surface area contributed by atoms with Crippen molar-refractivity contribution in [2.24, 2.45) is 0 Å². The van der Waals surface area contributed by atoms with Crippen LogP contribution in [0, 0.1) is 0 Å². The van der Waals surface area contributed by atoms with E-state index < -0.39 is 0 Å². The third-order valence-electron chi connectivity index (χ3n) is 6.28. The first-order chi connectivity index (χ1) is 11.9. The zero-order valence-corrected chi connectivity index (χ0v) is 14.2. The summed E-state index contributed by atoms with van der Waals surface area (Å²) in [6, 6.07) is 17.9. The van der Waals surface area contributed by atoms with Crippen LogP contribution in [0.1, 0.15) is 53.9 Å². The Hall–Kier alpha value is -1.64. The van der Waals surface area contributed by atoms with Gasteiger partial charge in [-0.15, -0.1) is 0 Å². The summed E-state index contributed by atoms with van der Waals surface area (Å²) in [7, 11) is 0. The molecule has 2 bridgehead atoms. The topological polar surface area (TPSA) is 12.5 Å². The molecule has 2 nitrogen and oxygen atoms in total. The molecule has 3 aliphatic carbocycles. The molecule has 1 fully saturated rings. The van der Waals surface area contributed by atoms with Gasteiger partial charge in [-0.2, -0.15) is 0 Å². The molecule has 0 aromatic heterocycles. The lowest BCUT2D eigenvalue weighted by Crippen LogP contribution is -2.43. The molecule has 0 amide bonds. The van der Waals surface area contributed by atoms with Crippen LogP contribution >= 0.6 is 0 Å². The third kappa shape index (κ3) is 2.09. The van der Waals surface area contributed by atoms with Crippen LogP contribution in [0.15, 0.2) is 48.5 Å². The number of hydrogen-bond acceptors (Lipinski definition) is 2. The summed E-state index contributed by atoms with van der Waals surface area (Å²) in [6.45, 7) is 4.38. The van der Waals surface area contributed by atoms with E-state index in [0.29, 0.717) is 5.92 Å². The van der Waals surface area contributed by atoms with Gasteiger partial charge in [-0.1, -0.05) is 48.5 Å². The third-order valence-corrected chi connectivity index (χ3v) is 6.28.